The van der Waals surface area contributed by atoms with Gasteiger partial charge in [-0.1, -0.05) is 44.1 Å². The van der Waals surface area contributed by atoms with Gasteiger partial charge in [0.15, 0.2) is 0 Å². The molecular weight excluding hydrogens is 332 g/mol. The molecule has 1 amide bonds. The van der Waals surface area contributed by atoms with Gasteiger partial charge in [-0.3, -0.25) is 4.79 Å². The minimum atomic E-state index is -0.232. The van der Waals surface area contributed by atoms with E-state index < -0.39 is 0 Å². The number of allylic oxidation sites excluding steroid dienone is 3. The second kappa shape index (κ2) is 6.76. The molecule has 1 spiro atoms. The normalized spacial score (nSPS) is 42.9. The van der Waals surface area contributed by atoms with Gasteiger partial charge in [-0.2, -0.15) is 0 Å². The van der Waals surface area contributed by atoms with Crippen molar-refractivity contribution < 1.29 is 4.79 Å². The summed E-state index contributed by atoms with van der Waals surface area (Å²) in [4.78, 5) is 13.3. The highest BCUT2D eigenvalue weighted by Crippen LogP contribution is 2.70. The molecule has 3 saturated carbocycles. The smallest absolute Gasteiger partial charge is 0.226 e. The van der Waals surface area contributed by atoms with Crippen LogP contribution < -0.4 is 11.1 Å². The predicted octanol–water partition coefficient (Wildman–Crippen LogP) is 4.73. The number of hydrogen-bond acceptors (Lipinski definition) is 2. The molecule has 0 unspecified atom stereocenters. The number of nitrogens with one attached hydrogen (secondary N) is 1. The summed E-state index contributed by atoms with van der Waals surface area (Å²) in [7, 11) is 0. The van der Waals surface area contributed by atoms with Crippen LogP contribution in [0.5, 0.6) is 0 Å². The maximum Gasteiger partial charge on any atom is 0.226 e. The Morgan fingerprint density at radius 2 is 2.11 bits per heavy atom. The number of carbonyl (C=O) groups excluding carboxylic acids is 1. The topological polar surface area (TPSA) is 55.1 Å². The molecule has 4 aliphatic carbocycles. The average Bonchev–Trinajstić information content (AvgIpc) is 2.86. The van der Waals surface area contributed by atoms with Gasteiger partial charge in [0.05, 0.1) is 0 Å². The van der Waals surface area contributed by atoms with Crippen LogP contribution in [0.25, 0.3) is 0 Å². The molecule has 3 fully saturated rings. The van der Waals surface area contributed by atoms with Gasteiger partial charge in [-0.15, -0.1) is 0 Å². The van der Waals surface area contributed by atoms with Crippen molar-refractivity contribution in [2.24, 2.45) is 33.8 Å². The van der Waals surface area contributed by atoms with Crippen molar-refractivity contribution in [1.29, 1.82) is 0 Å². The maximum absolute atomic E-state index is 13.3. The monoisotopic (exact) mass is 370 g/mol. The Morgan fingerprint density at radius 1 is 1.30 bits per heavy atom. The first-order valence-corrected chi connectivity index (χ1v) is 11.2. The summed E-state index contributed by atoms with van der Waals surface area (Å²) in [6.45, 7) is 10.6. The summed E-state index contributed by atoms with van der Waals surface area (Å²) in [5.41, 5.74) is 9.13. The van der Waals surface area contributed by atoms with Crippen molar-refractivity contribution in [2.75, 3.05) is 13.1 Å². The summed E-state index contributed by atoms with van der Waals surface area (Å²) in [6, 6.07) is 0. The number of hydrogen-bond donors (Lipinski definition) is 2. The second-order valence-electron chi connectivity index (χ2n) is 10.4. The molecule has 0 aliphatic heterocycles. The zero-order valence-electron chi connectivity index (χ0n) is 17.4. The van der Waals surface area contributed by atoms with Crippen LogP contribution in [0.3, 0.4) is 0 Å². The van der Waals surface area contributed by atoms with E-state index in [1.165, 1.54) is 44.1 Å². The van der Waals surface area contributed by atoms with E-state index in [1.54, 1.807) is 5.57 Å². The fraction of sp³-hybridized carbons (Fsp3) is 0.792. The van der Waals surface area contributed by atoms with E-state index in [0.29, 0.717) is 17.9 Å². The zero-order valence-corrected chi connectivity index (χ0v) is 17.4. The van der Waals surface area contributed by atoms with Crippen molar-refractivity contribution in [2.45, 2.75) is 78.1 Å². The van der Waals surface area contributed by atoms with Gasteiger partial charge in [0.2, 0.25) is 5.91 Å². The first-order valence-electron chi connectivity index (χ1n) is 11.2. The van der Waals surface area contributed by atoms with Crippen LogP contribution in [-0.2, 0) is 4.79 Å². The van der Waals surface area contributed by atoms with E-state index >= 15 is 0 Å². The van der Waals surface area contributed by atoms with Crippen LogP contribution >= 0.6 is 0 Å². The lowest BCUT2D eigenvalue weighted by molar-refractivity contribution is -0.143. The third-order valence-electron chi connectivity index (χ3n) is 8.85. The van der Waals surface area contributed by atoms with Crippen molar-refractivity contribution in [3.63, 3.8) is 0 Å². The molecule has 3 N–H and O–H groups in total. The van der Waals surface area contributed by atoms with E-state index in [2.05, 4.69) is 31.8 Å². The fourth-order valence-electron chi connectivity index (χ4n) is 7.56. The van der Waals surface area contributed by atoms with E-state index in [-0.39, 0.29) is 16.7 Å². The van der Waals surface area contributed by atoms with Crippen LogP contribution in [0.4, 0.5) is 0 Å². The number of fused-ring (bicyclic) bond motifs is 3. The fourth-order valence-corrected chi connectivity index (χ4v) is 7.56. The number of nitrogens with two attached hydrogens (primary N) is 1. The third-order valence-corrected chi connectivity index (χ3v) is 8.85. The van der Waals surface area contributed by atoms with E-state index in [1.807, 2.05) is 0 Å². The van der Waals surface area contributed by atoms with Crippen LogP contribution in [0, 0.1) is 28.1 Å². The van der Waals surface area contributed by atoms with Crippen LogP contribution in [0.2, 0.25) is 0 Å². The highest BCUT2D eigenvalue weighted by atomic mass is 16.2. The van der Waals surface area contributed by atoms with Gasteiger partial charge in [0.1, 0.15) is 0 Å². The van der Waals surface area contributed by atoms with Gasteiger partial charge in [0.25, 0.3) is 0 Å². The molecule has 0 aromatic heterocycles. The molecule has 3 heteroatoms. The van der Waals surface area contributed by atoms with Crippen LogP contribution in [0.15, 0.2) is 23.8 Å². The number of rotatable bonds is 5. The summed E-state index contributed by atoms with van der Waals surface area (Å²) in [5, 5.41) is 3.26. The first-order chi connectivity index (χ1) is 12.9. The summed E-state index contributed by atoms with van der Waals surface area (Å²) in [6.07, 6.45) is 14.2. The predicted molar refractivity (Wildman–Crippen MR) is 111 cm³/mol. The van der Waals surface area contributed by atoms with E-state index in [9.17, 15) is 4.79 Å². The van der Waals surface area contributed by atoms with Crippen molar-refractivity contribution in [3.8, 4) is 0 Å². The van der Waals surface area contributed by atoms with Crippen LogP contribution in [-0.4, -0.2) is 19.0 Å². The average molecular weight is 371 g/mol. The highest BCUT2D eigenvalue weighted by Gasteiger charge is 2.62. The minimum Gasteiger partial charge on any atom is -0.356 e. The molecule has 150 valence electrons. The lowest BCUT2D eigenvalue weighted by Crippen LogP contribution is -2.56. The van der Waals surface area contributed by atoms with Gasteiger partial charge >= 0.3 is 0 Å². The Morgan fingerprint density at radius 3 is 2.89 bits per heavy atom. The van der Waals surface area contributed by atoms with Gasteiger partial charge in [-0.05, 0) is 87.0 Å². The van der Waals surface area contributed by atoms with E-state index in [4.69, 9.17) is 5.73 Å². The van der Waals surface area contributed by atoms with Gasteiger partial charge < -0.3 is 11.1 Å². The summed E-state index contributed by atoms with van der Waals surface area (Å²) >= 11 is 0. The second-order valence-corrected chi connectivity index (χ2v) is 10.4. The molecular formula is C24H38N2O. The molecule has 4 rings (SSSR count). The minimum absolute atomic E-state index is 0.190. The van der Waals surface area contributed by atoms with Crippen molar-refractivity contribution in [3.05, 3.63) is 23.8 Å². The third kappa shape index (κ3) is 2.84. The van der Waals surface area contributed by atoms with E-state index in [0.717, 1.165) is 38.1 Å². The molecule has 5 atom stereocenters. The molecule has 3 nitrogen and oxygen atoms in total. The molecule has 4 aliphatic rings. The highest BCUT2D eigenvalue weighted by molar-refractivity contribution is 5.83. The van der Waals surface area contributed by atoms with Gasteiger partial charge in [-0.25, -0.2) is 0 Å². The Bertz CT molecular complexity index is 667. The lowest BCUT2D eigenvalue weighted by Gasteiger charge is -2.60. The quantitative estimate of drug-likeness (QED) is 0.543. The molecule has 0 radical (unpaired) electrons. The molecule has 0 aromatic rings. The van der Waals surface area contributed by atoms with Gasteiger partial charge in [0, 0.05) is 12.0 Å². The lowest BCUT2D eigenvalue weighted by atomic mass is 9.44. The largest absolute Gasteiger partial charge is 0.356 e. The molecule has 2 bridgehead atoms. The standard InChI is InChI=1S/C24H38N2O/c1-17-15-24-12-9-19-22(2,20(24)8-7-18(17)16-24)10-6-11-23(19,3)21(27)26-14-5-4-13-25/h8,18-19H,1,4-7,9-16,25H2,2-3H3,(H,26,27)/t18-,19+,22-,23-,24-/m1/s1. The zero-order chi connectivity index (χ0) is 19.3. The van der Waals surface area contributed by atoms with Crippen molar-refractivity contribution >= 4 is 5.91 Å². The van der Waals surface area contributed by atoms with Crippen molar-refractivity contribution in [1.82, 2.24) is 5.32 Å². The SMILES string of the molecule is C=C1C[C@@]23CC[C@@H]4[C@](C)(C(=O)NCCCCN)CCC[C@@]4(C)C2=CC[C@@H]1C3. The number of carbonyl (C=O) groups is 1. The molecule has 0 saturated heterocycles. The molecule has 27 heavy (non-hydrogen) atoms. The summed E-state index contributed by atoms with van der Waals surface area (Å²) in [5.74, 6) is 1.47. The summed E-state index contributed by atoms with van der Waals surface area (Å²) < 4.78 is 0. The van der Waals surface area contributed by atoms with Crippen LogP contribution in [0.1, 0.15) is 78.1 Å². The Kier molecular flexibility index (Phi) is 4.81. The Labute approximate surface area is 165 Å². The number of amides is 1. The molecule has 0 aromatic carbocycles. The number of unbranched alkanes of at least 4 members (excludes halogenated alkanes) is 1. The Balaban J connectivity index is 1.58. The first kappa shape index (κ1) is 19.2. The maximum atomic E-state index is 13.3. The Hall–Kier alpha value is -1.09. The molecule has 0 heterocycles.